The molecule has 0 radical (unpaired) electrons. The van der Waals surface area contributed by atoms with Gasteiger partial charge in [-0.1, -0.05) is 6.92 Å². The Labute approximate surface area is 111 Å². The minimum Gasteiger partial charge on any atom is -0.377 e. The molecule has 0 aromatic rings. The second-order valence-corrected chi connectivity index (χ2v) is 5.85. The maximum absolute atomic E-state index is 12.0. The molecule has 0 aromatic heterocycles. The van der Waals surface area contributed by atoms with Crippen LogP contribution in [0.25, 0.3) is 0 Å². The summed E-state index contributed by atoms with van der Waals surface area (Å²) >= 11 is 0. The molecule has 1 fully saturated rings. The monoisotopic (exact) mass is 256 g/mol. The SMILES string of the molecule is CCC(C)(C)NC(=O)C(C)NCC1CCCCO1. The molecule has 2 N–H and O–H groups in total. The quantitative estimate of drug-likeness (QED) is 0.762. The van der Waals surface area contributed by atoms with Crippen LogP contribution < -0.4 is 10.6 Å². The Hall–Kier alpha value is -0.610. The van der Waals surface area contributed by atoms with Crippen LogP contribution in [0.15, 0.2) is 0 Å². The van der Waals surface area contributed by atoms with Gasteiger partial charge in [-0.15, -0.1) is 0 Å². The summed E-state index contributed by atoms with van der Waals surface area (Å²) in [6.45, 7) is 9.69. The molecule has 1 saturated heterocycles. The van der Waals surface area contributed by atoms with Crippen molar-refractivity contribution in [1.82, 2.24) is 10.6 Å². The Morgan fingerprint density at radius 3 is 2.72 bits per heavy atom. The molecule has 0 aliphatic carbocycles. The molecule has 1 amide bonds. The average molecular weight is 256 g/mol. The van der Waals surface area contributed by atoms with Crippen molar-refractivity contribution in [3.63, 3.8) is 0 Å². The second kappa shape index (κ2) is 7.10. The zero-order chi connectivity index (χ0) is 13.6. The maximum atomic E-state index is 12.0. The van der Waals surface area contributed by atoms with Gasteiger partial charge in [0.25, 0.3) is 0 Å². The van der Waals surface area contributed by atoms with Gasteiger partial charge < -0.3 is 15.4 Å². The zero-order valence-electron chi connectivity index (χ0n) is 12.2. The summed E-state index contributed by atoms with van der Waals surface area (Å²) in [6, 6.07) is -0.165. The molecular formula is C14H28N2O2. The number of ether oxygens (including phenoxy) is 1. The van der Waals surface area contributed by atoms with E-state index in [1.807, 2.05) is 20.8 Å². The standard InChI is InChI=1S/C14H28N2O2/c1-5-14(3,4)16-13(17)11(2)15-10-12-8-6-7-9-18-12/h11-12,15H,5-10H2,1-4H3,(H,16,17). The van der Waals surface area contributed by atoms with Crippen LogP contribution in [0.1, 0.15) is 53.4 Å². The van der Waals surface area contributed by atoms with Crippen molar-refractivity contribution in [3.8, 4) is 0 Å². The van der Waals surface area contributed by atoms with Crippen molar-refractivity contribution in [3.05, 3.63) is 0 Å². The van der Waals surface area contributed by atoms with Crippen LogP contribution in [-0.2, 0) is 9.53 Å². The van der Waals surface area contributed by atoms with Gasteiger partial charge in [0.1, 0.15) is 0 Å². The van der Waals surface area contributed by atoms with E-state index in [1.54, 1.807) is 0 Å². The third kappa shape index (κ3) is 5.36. The number of amides is 1. The van der Waals surface area contributed by atoms with Crippen LogP contribution in [0.5, 0.6) is 0 Å². The third-order valence-corrected chi connectivity index (χ3v) is 3.66. The molecule has 2 unspecified atom stereocenters. The molecule has 0 spiro atoms. The number of hydrogen-bond acceptors (Lipinski definition) is 3. The summed E-state index contributed by atoms with van der Waals surface area (Å²) in [4.78, 5) is 12.0. The van der Waals surface area contributed by atoms with Gasteiger partial charge in [0, 0.05) is 18.7 Å². The third-order valence-electron chi connectivity index (χ3n) is 3.66. The van der Waals surface area contributed by atoms with Gasteiger partial charge in [-0.05, 0) is 46.5 Å². The highest BCUT2D eigenvalue weighted by molar-refractivity contribution is 5.81. The number of carbonyl (C=O) groups is 1. The molecule has 0 bridgehead atoms. The Bertz CT molecular complexity index is 261. The minimum absolute atomic E-state index is 0.0673. The molecule has 1 rings (SSSR count). The summed E-state index contributed by atoms with van der Waals surface area (Å²) in [6.07, 6.45) is 4.69. The molecule has 1 aliphatic heterocycles. The van der Waals surface area contributed by atoms with Crippen LogP contribution in [0.4, 0.5) is 0 Å². The molecule has 18 heavy (non-hydrogen) atoms. The lowest BCUT2D eigenvalue weighted by atomic mass is 10.0. The van der Waals surface area contributed by atoms with Gasteiger partial charge in [-0.25, -0.2) is 0 Å². The van der Waals surface area contributed by atoms with E-state index < -0.39 is 0 Å². The van der Waals surface area contributed by atoms with Gasteiger partial charge >= 0.3 is 0 Å². The molecule has 0 aromatic carbocycles. The number of rotatable bonds is 6. The largest absolute Gasteiger partial charge is 0.377 e. The van der Waals surface area contributed by atoms with Crippen LogP contribution in [-0.4, -0.2) is 36.7 Å². The molecule has 106 valence electrons. The first-order valence-electron chi connectivity index (χ1n) is 7.11. The fourth-order valence-electron chi connectivity index (χ4n) is 1.90. The van der Waals surface area contributed by atoms with Crippen molar-refractivity contribution >= 4 is 5.91 Å². The molecular weight excluding hydrogens is 228 g/mol. The summed E-state index contributed by atoms with van der Waals surface area (Å²) < 4.78 is 5.64. The summed E-state index contributed by atoms with van der Waals surface area (Å²) in [5.41, 5.74) is -0.131. The Morgan fingerprint density at radius 1 is 1.44 bits per heavy atom. The van der Waals surface area contributed by atoms with Crippen molar-refractivity contribution in [1.29, 1.82) is 0 Å². The van der Waals surface area contributed by atoms with Crippen LogP contribution >= 0.6 is 0 Å². The van der Waals surface area contributed by atoms with E-state index in [0.29, 0.717) is 0 Å². The van der Waals surface area contributed by atoms with Crippen LogP contribution in [0.2, 0.25) is 0 Å². The van der Waals surface area contributed by atoms with Crippen molar-refractivity contribution in [2.24, 2.45) is 0 Å². The summed E-state index contributed by atoms with van der Waals surface area (Å²) in [7, 11) is 0. The van der Waals surface area contributed by atoms with Crippen molar-refractivity contribution in [2.75, 3.05) is 13.2 Å². The van der Waals surface area contributed by atoms with E-state index in [9.17, 15) is 4.79 Å². The normalized spacial score (nSPS) is 22.6. The first-order valence-corrected chi connectivity index (χ1v) is 7.11. The van der Waals surface area contributed by atoms with E-state index in [2.05, 4.69) is 17.6 Å². The molecule has 4 heteroatoms. The van der Waals surface area contributed by atoms with Crippen LogP contribution in [0, 0.1) is 0 Å². The first-order chi connectivity index (χ1) is 8.44. The fraction of sp³-hybridized carbons (Fsp3) is 0.929. The minimum atomic E-state index is -0.165. The van der Waals surface area contributed by atoms with Crippen molar-refractivity contribution in [2.45, 2.75) is 71.1 Å². The Kier molecular flexibility index (Phi) is 6.09. The van der Waals surface area contributed by atoms with Gasteiger partial charge in [-0.3, -0.25) is 4.79 Å². The van der Waals surface area contributed by atoms with Gasteiger partial charge in [0.05, 0.1) is 12.1 Å². The van der Waals surface area contributed by atoms with E-state index in [-0.39, 0.29) is 23.6 Å². The van der Waals surface area contributed by atoms with E-state index in [4.69, 9.17) is 4.74 Å². The average Bonchev–Trinajstić information content (AvgIpc) is 2.36. The van der Waals surface area contributed by atoms with Crippen LogP contribution in [0.3, 0.4) is 0 Å². The number of hydrogen-bond donors (Lipinski definition) is 2. The van der Waals surface area contributed by atoms with Gasteiger partial charge in [-0.2, -0.15) is 0 Å². The second-order valence-electron chi connectivity index (χ2n) is 5.85. The Morgan fingerprint density at radius 2 is 2.17 bits per heavy atom. The van der Waals surface area contributed by atoms with E-state index >= 15 is 0 Å². The molecule has 2 atom stereocenters. The molecule has 0 saturated carbocycles. The summed E-state index contributed by atoms with van der Waals surface area (Å²) in [5.74, 6) is 0.0673. The smallest absolute Gasteiger partial charge is 0.237 e. The molecule has 4 nitrogen and oxygen atoms in total. The predicted octanol–water partition coefficient (Wildman–Crippen LogP) is 1.84. The lowest BCUT2D eigenvalue weighted by Gasteiger charge is -2.28. The number of nitrogens with one attached hydrogen (secondary N) is 2. The predicted molar refractivity (Wildman–Crippen MR) is 73.6 cm³/mol. The lowest BCUT2D eigenvalue weighted by Crippen LogP contribution is -2.52. The van der Waals surface area contributed by atoms with E-state index in [0.717, 1.165) is 32.4 Å². The number of carbonyl (C=O) groups excluding carboxylic acids is 1. The zero-order valence-corrected chi connectivity index (χ0v) is 12.2. The van der Waals surface area contributed by atoms with Gasteiger partial charge in [0.2, 0.25) is 5.91 Å². The molecule has 1 aliphatic rings. The van der Waals surface area contributed by atoms with E-state index in [1.165, 1.54) is 6.42 Å². The topological polar surface area (TPSA) is 50.4 Å². The summed E-state index contributed by atoms with van der Waals surface area (Å²) in [5, 5.41) is 6.31. The fourth-order valence-corrected chi connectivity index (χ4v) is 1.90. The first kappa shape index (κ1) is 15.4. The molecule has 1 heterocycles. The highest BCUT2D eigenvalue weighted by Gasteiger charge is 2.22. The maximum Gasteiger partial charge on any atom is 0.237 e. The highest BCUT2D eigenvalue weighted by Crippen LogP contribution is 2.12. The Balaban J connectivity index is 2.26. The van der Waals surface area contributed by atoms with Gasteiger partial charge in [0.15, 0.2) is 0 Å². The lowest BCUT2D eigenvalue weighted by molar-refractivity contribution is -0.124. The van der Waals surface area contributed by atoms with Crippen molar-refractivity contribution < 1.29 is 9.53 Å². The highest BCUT2D eigenvalue weighted by atomic mass is 16.5.